The molecule has 1 unspecified atom stereocenters. The Labute approximate surface area is 77.3 Å². The lowest BCUT2D eigenvalue weighted by atomic mass is 10.3. The van der Waals surface area contributed by atoms with Crippen molar-refractivity contribution < 1.29 is 19.2 Å². The fourth-order valence-corrected chi connectivity index (χ4v) is 1.69. The van der Waals surface area contributed by atoms with Gasteiger partial charge in [0, 0.05) is 4.90 Å². The highest BCUT2D eigenvalue weighted by atomic mass is 32.2. The maximum Gasteiger partial charge on any atom is 0.316 e. The number of hydrogen-bond acceptors (Lipinski definition) is 3. The van der Waals surface area contributed by atoms with Crippen molar-refractivity contribution >= 4 is 16.8 Å². The van der Waals surface area contributed by atoms with Gasteiger partial charge in [0.25, 0.3) is 0 Å². The summed E-state index contributed by atoms with van der Waals surface area (Å²) in [5.41, 5.74) is 0. The van der Waals surface area contributed by atoms with E-state index in [4.69, 9.17) is 10.2 Å². The molecular formula is C8H8O4S. The first kappa shape index (κ1) is 9.73. The van der Waals surface area contributed by atoms with E-state index in [1.54, 1.807) is 0 Å². The molecule has 1 atom stereocenters. The minimum Gasteiger partial charge on any atom is -0.508 e. The van der Waals surface area contributed by atoms with E-state index in [2.05, 4.69) is 0 Å². The lowest BCUT2D eigenvalue weighted by molar-refractivity contribution is -0.133. The summed E-state index contributed by atoms with van der Waals surface area (Å²) in [6.07, 6.45) is 0. The molecule has 0 bridgehead atoms. The Kier molecular flexibility index (Phi) is 3.02. The number of carboxylic acids is 1. The zero-order chi connectivity index (χ0) is 9.84. The third-order valence-corrected chi connectivity index (χ3v) is 2.62. The van der Waals surface area contributed by atoms with Crippen LogP contribution in [0.5, 0.6) is 5.75 Å². The van der Waals surface area contributed by atoms with E-state index in [0.717, 1.165) is 0 Å². The molecule has 0 saturated carbocycles. The monoisotopic (exact) mass is 200 g/mol. The van der Waals surface area contributed by atoms with Gasteiger partial charge in [-0.25, -0.2) is 0 Å². The number of carbonyl (C=O) groups is 1. The maximum atomic E-state index is 11.2. The minimum atomic E-state index is -1.58. The number of aromatic hydroxyl groups is 1. The Morgan fingerprint density at radius 1 is 1.46 bits per heavy atom. The molecule has 0 aliphatic heterocycles. The van der Waals surface area contributed by atoms with Crippen LogP contribution >= 0.6 is 0 Å². The van der Waals surface area contributed by atoms with Gasteiger partial charge in [-0.15, -0.1) is 0 Å². The van der Waals surface area contributed by atoms with Crippen molar-refractivity contribution in [3.05, 3.63) is 24.3 Å². The summed E-state index contributed by atoms with van der Waals surface area (Å²) in [5.74, 6) is -1.58. The zero-order valence-electron chi connectivity index (χ0n) is 6.64. The number of phenolic OH excluding ortho intramolecular Hbond substituents is 1. The van der Waals surface area contributed by atoms with Gasteiger partial charge in [-0.05, 0) is 18.2 Å². The predicted octanol–water partition coefficient (Wildman–Crippen LogP) is 0.584. The third-order valence-electron chi connectivity index (χ3n) is 1.34. The van der Waals surface area contributed by atoms with Gasteiger partial charge in [-0.1, -0.05) is 6.07 Å². The molecule has 13 heavy (non-hydrogen) atoms. The van der Waals surface area contributed by atoms with Crippen LogP contribution in [0, 0.1) is 0 Å². The summed E-state index contributed by atoms with van der Waals surface area (Å²) in [6, 6.07) is 5.75. The number of phenols is 1. The van der Waals surface area contributed by atoms with E-state index in [1.807, 2.05) is 0 Å². The van der Waals surface area contributed by atoms with E-state index >= 15 is 0 Å². The van der Waals surface area contributed by atoms with Crippen LogP contribution in [0.25, 0.3) is 0 Å². The molecule has 1 aromatic carbocycles. The van der Waals surface area contributed by atoms with Crippen molar-refractivity contribution in [3.63, 3.8) is 0 Å². The van der Waals surface area contributed by atoms with Gasteiger partial charge in [0.1, 0.15) is 11.5 Å². The summed E-state index contributed by atoms with van der Waals surface area (Å²) in [7, 11) is -1.58. The van der Waals surface area contributed by atoms with Crippen molar-refractivity contribution in [1.82, 2.24) is 0 Å². The van der Waals surface area contributed by atoms with Gasteiger partial charge in [-0.2, -0.15) is 0 Å². The fraction of sp³-hybridized carbons (Fsp3) is 0.125. The molecule has 0 aliphatic rings. The topological polar surface area (TPSA) is 74.6 Å². The highest BCUT2D eigenvalue weighted by Gasteiger charge is 2.08. The van der Waals surface area contributed by atoms with Crippen LogP contribution < -0.4 is 0 Å². The van der Waals surface area contributed by atoms with Crippen LogP contribution in [0.1, 0.15) is 0 Å². The van der Waals surface area contributed by atoms with Gasteiger partial charge in [0.2, 0.25) is 0 Å². The molecule has 0 fully saturated rings. The summed E-state index contributed by atoms with van der Waals surface area (Å²) < 4.78 is 11.2. The lowest BCUT2D eigenvalue weighted by Gasteiger charge is -1.98. The standard InChI is InChI=1S/C8H8O4S/c9-6-2-1-3-7(4-6)13(12)5-8(10)11/h1-4,9H,5H2,(H,10,11). The summed E-state index contributed by atoms with van der Waals surface area (Å²) in [4.78, 5) is 10.5. The Hall–Kier alpha value is -1.36. The van der Waals surface area contributed by atoms with Crippen molar-refractivity contribution in [3.8, 4) is 5.75 Å². The second kappa shape index (κ2) is 4.04. The fourth-order valence-electron chi connectivity index (χ4n) is 0.821. The molecule has 4 nitrogen and oxygen atoms in total. The molecule has 70 valence electrons. The summed E-state index contributed by atoms with van der Waals surface area (Å²) in [5, 5.41) is 17.4. The van der Waals surface area contributed by atoms with Crippen LogP contribution in [0.3, 0.4) is 0 Å². The van der Waals surface area contributed by atoms with Crippen LogP contribution in [-0.2, 0) is 15.6 Å². The number of rotatable bonds is 3. The first-order valence-corrected chi connectivity index (χ1v) is 4.80. The molecule has 5 heteroatoms. The molecule has 1 rings (SSSR count). The van der Waals surface area contributed by atoms with Crippen LogP contribution in [0.15, 0.2) is 29.2 Å². The van der Waals surface area contributed by atoms with Crippen molar-refractivity contribution in [2.24, 2.45) is 0 Å². The molecule has 0 aromatic heterocycles. The molecule has 0 spiro atoms. The molecule has 0 amide bonds. The number of carboxylic acid groups (broad SMARTS) is 1. The predicted molar refractivity (Wildman–Crippen MR) is 47.0 cm³/mol. The van der Waals surface area contributed by atoms with Crippen molar-refractivity contribution in [2.45, 2.75) is 4.90 Å². The zero-order valence-corrected chi connectivity index (χ0v) is 7.45. The summed E-state index contributed by atoms with van der Waals surface area (Å²) in [6.45, 7) is 0. The molecule has 0 saturated heterocycles. The number of hydrogen-bond donors (Lipinski definition) is 2. The second-order valence-corrected chi connectivity index (χ2v) is 3.83. The Morgan fingerprint density at radius 3 is 2.69 bits per heavy atom. The van der Waals surface area contributed by atoms with E-state index in [9.17, 15) is 9.00 Å². The quantitative estimate of drug-likeness (QED) is 0.748. The number of aliphatic carboxylic acids is 1. The normalized spacial score (nSPS) is 12.3. The van der Waals surface area contributed by atoms with E-state index in [0.29, 0.717) is 4.90 Å². The van der Waals surface area contributed by atoms with Crippen LogP contribution in [0.4, 0.5) is 0 Å². The Bertz CT molecular complexity index is 348. The van der Waals surface area contributed by atoms with Gasteiger partial charge >= 0.3 is 5.97 Å². The van der Waals surface area contributed by atoms with Crippen molar-refractivity contribution in [1.29, 1.82) is 0 Å². The van der Waals surface area contributed by atoms with Gasteiger partial charge in [0.05, 0.1) is 10.8 Å². The maximum absolute atomic E-state index is 11.2. The second-order valence-electron chi connectivity index (χ2n) is 2.38. The van der Waals surface area contributed by atoms with Gasteiger partial charge in [0.15, 0.2) is 0 Å². The largest absolute Gasteiger partial charge is 0.508 e. The molecule has 0 heterocycles. The van der Waals surface area contributed by atoms with Crippen molar-refractivity contribution in [2.75, 3.05) is 5.75 Å². The molecule has 0 aliphatic carbocycles. The van der Waals surface area contributed by atoms with E-state index in [1.165, 1.54) is 24.3 Å². The average Bonchev–Trinajstić information content (AvgIpc) is 2.03. The number of benzene rings is 1. The average molecular weight is 200 g/mol. The van der Waals surface area contributed by atoms with Gasteiger partial charge < -0.3 is 10.2 Å². The van der Waals surface area contributed by atoms with Crippen LogP contribution in [0.2, 0.25) is 0 Å². The SMILES string of the molecule is O=C(O)CS(=O)c1cccc(O)c1. The van der Waals surface area contributed by atoms with E-state index in [-0.39, 0.29) is 5.75 Å². The first-order valence-electron chi connectivity index (χ1n) is 3.49. The van der Waals surface area contributed by atoms with Crippen LogP contribution in [-0.4, -0.2) is 26.1 Å². The molecule has 1 aromatic rings. The lowest BCUT2D eigenvalue weighted by Crippen LogP contribution is -2.08. The molecular weight excluding hydrogens is 192 g/mol. The smallest absolute Gasteiger partial charge is 0.316 e. The Morgan fingerprint density at radius 2 is 2.15 bits per heavy atom. The highest BCUT2D eigenvalue weighted by Crippen LogP contribution is 2.14. The molecule has 0 radical (unpaired) electrons. The minimum absolute atomic E-state index is 0.0174. The summed E-state index contributed by atoms with van der Waals surface area (Å²) >= 11 is 0. The first-order chi connectivity index (χ1) is 6.09. The Balaban J connectivity index is 2.83. The van der Waals surface area contributed by atoms with Gasteiger partial charge in [-0.3, -0.25) is 9.00 Å². The third kappa shape index (κ3) is 2.87. The molecule has 2 N–H and O–H groups in total. The highest BCUT2D eigenvalue weighted by molar-refractivity contribution is 7.85. The van der Waals surface area contributed by atoms with E-state index < -0.39 is 22.5 Å².